The molecule has 1 unspecified atom stereocenters. The van der Waals surface area contributed by atoms with E-state index in [1.54, 1.807) is 11.3 Å². The second-order valence-corrected chi connectivity index (χ2v) is 6.77. The van der Waals surface area contributed by atoms with Crippen LogP contribution in [0.25, 0.3) is 0 Å². The van der Waals surface area contributed by atoms with Crippen molar-refractivity contribution >= 4 is 22.4 Å². The van der Waals surface area contributed by atoms with E-state index in [4.69, 9.17) is 11.5 Å². The molecule has 1 heterocycles. The Morgan fingerprint density at radius 2 is 2.12 bits per heavy atom. The van der Waals surface area contributed by atoms with Crippen molar-refractivity contribution in [2.75, 3.05) is 0 Å². The van der Waals surface area contributed by atoms with E-state index in [2.05, 4.69) is 30.7 Å². The molecule has 0 bridgehead atoms. The third-order valence-electron chi connectivity index (χ3n) is 3.38. The Labute approximate surface area is 106 Å². The molecule has 17 heavy (non-hydrogen) atoms. The second kappa shape index (κ2) is 4.29. The molecule has 2 rings (SSSR count). The predicted octanol–water partition coefficient (Wildman–Crippen LogP) is 2.20. The van der Waals surface area contributed by atoms with Crippen LogP contribution in [0.2, 0.25) is 0 Å². The van der Waals surface area contributed by atoms with Gasteiger partial charge in [0.15, 0.2) is 5.96 Å². The molecular formula is C12H20N4S. The molecule has 1 atom stereocenters. The topological polar surface area (TPSA) is 77.3 Å². The van der Waals surface area contributed by atoms with Gasteiger partial charge in [0.25, 0.3) is 0 Å². The Morgan fingerprint density at radius 1 is 1.41 bits per heavy atom. The molecule has 1 aromatic rings. The van der Waals surface area contributed by atoms with E-state index < -0.39 is 0 Å². The van der Waals surface area contributed by atoms with Gasteiger partial charge in [-0.2, -0.15) is 4.99 Å². The number of fused-ring (bicyclic) bond motifs is 1. The summed E-state index contributed by atoms with van der Waals surface area (Å²) in [6.07, 6.45) is 3.37. The first-order chi connectivity index (χ1) is 7.86. The Balaban J connectivity index is 2.21. The van der Waals surface area contributed by atoms with Crippen molar-refractivity contribution in [1.29, 1.82) is 0 Å². The number of aliphatic imine (C=N–C) groups is 1. The molecule has 0 amide bonds. The number of nitrogens with zero attached hydrogens (tertiary/aromatic N) is 2. The van der Waals surface area contributed by atoms with Gasteiger partial charge >= 0.3 is 0 Å². The van der Waals surface area contributed by atoms with Crippen LogP contribution < -0.4 is 11.5 Å². The van der Waals surface area contributed by atoms with Crippen molar-refractivity contribution in [2.45, 2.75) is 40.0 Å². The van der Waals surface area contributed by atoms with Crippen molar-refractivity contribution < 1.29 is 0 Å². The van der Waals surface area contributed by atoms with Gasteiger partial charge in [0.05, 0.1) is 5.69 Å². The minimum absolute atomic E-state index is 0.0865. The van der Waals surface area contributed by atoms with Gasteiger partial charge in [-0.15, -0.1) is 0 Å². The Morgan fingerprint density at radius 3 is 2.71 bits per heavy atom. The maximum atomic E-state index is 5.37. The lowest BCUT2D eigenvalue weighted by atomic mass is 9.73. The minimum atomic E-state index is 0.0865. The fourth-order valence-corrected chi connectivity index (χ4v) is 3.34. The number of aryl methyl sites for hydroxylation is 1. The van der Waals surface area contributed by atoms with Crippen LogP contribution in [0.4, 0.5) is 5.13 Å². The number of nitrogens with two attached hydrogens (primary N) is 2. The molecule has 0 aliphatic heterocycles. The van der Waals surface area contributed by atoms with Gasteiger partial charge in [0.1, 0.15) is 0 Å². The second-order valence-electron chi connectivity index (χ2n) is 5.71. The van der Waals surface area contributed by atoms with Gasteiger partial charge in [-0.1, -0.05) is 32.1 Å². The lowest BCUT2D eigenvalue weighted by molar-refractivity contribution is 0.217. The third kappa shape index (κ3) is 2.77. The van der Waals surface area contributed by atoms with E-state index >= 15 is 0 Å². The largest absolute Gasteiger partial charge is 0.370 e. The van der Waals surface area contributed by atoms with Gasteiger partial charge in [0, 0.05) is 4.88 Å². The van der Waals surface area contributed by atoms with E-state index in [1.807, 2.05) is 0 Å². The molecule has 0 aromatic carbocycles. The molecule has 0 saturated heterocycles. The highest BCUT2D eigenvalue weighted by Gasteiger charge is 2.30. The number of hydrogen-bond donors (Lipinski definition) is 2. The SMILES string of the molecule is CC(C)(C)C1CCc2nc(N=C(N)N)sc2C1. The highest BCUT2D eigenvalue weighted by atomic mass is 32.1. The molecule has 0 saturated carbocycles. The minimum Gasteiger partial charge on any atom is -0.370 e. The van der Waals surface area contributed by atoms with Crippen molar-refractivity contribution in [2.24, 2.45) is 27.8 Å². The summed E-state index contributed by atoms with van der Waals surface area (Å²) in [4.78, 5) is 9.87. The van der Waals surface area contributed by atoms with Crippen LogP contribution in [0, 0.1) is 11.3 Å². The Bertz CT molecular complexity index is 438. The van der Waals surface area contributed by atoms with Gasteiger partial charge in [-0.25, -0.2) is 4.98 Å². The first-order valence-corrected chi connectivity index (χ1v) is 6.76. The first kappa shape index (κ1) is 12.4. The third-order valence-corrected chi connectivity index (χ3v) is 4.39. The monoisotopic (exact) mass is 252 g/mol. The number of rotatable bonds is 1. The van der Waals surface area contributed by atoms with Crippen LogP contribution in [0.5, 0.6) is 0 Å². The summed E-state index contributed by atoms with van der Waals surface area (Å²) in [6.45, 7) is 6.92. The molecule has 1 aliphatic rings. The van der Waals surface area contributed by atoms with Crippen LogP contribution in [0.3, 0.4) is 0 Å². The first-order valence-electron chi connectivity index (χ1n) is 5.94. The maximum Gasteiger partial charge on any atom is 0.212 e. The molecule has 5 heteroatoms. The zero-order valence-corrected chi connectivity index (χ0v) is 11.5. The normalized spacial score (nSPS) is 19.8. The Kier molecular flexibility index (Phi) is 3.12. The Hall–Kier alpha value is -1.10. The molecule has 4 N–H and O–H groups in total. The zero-order chi connectivity index (χ0) is 12.6. The van der Waals surface area contributed by atoms with Crippen molar-refractivity contribution in [3.63, 3.8) is 0 Å². The van der Waals surface area contributed by atoms with Crippen molar-refractivity contribution in [3.05, 3.63) is 10.6 Å². The van der Waals surface area contributed by atoms with Gasteiger partial charge in [-0.05, 0) is 30.6 Å². The molecular weight excluding hydrogens is 232 g/mol. The van der Waals surface area contributed by atoms with E-state index in [-0.39, 0.29) is 5.96 Å². The van der Waals surface area contributed by atoms with Gasteiger partial charge in [0.2, 0.25) is 5.13 Å². The lowest BCUT2D eigenvalue weighted by Gasteiger charge is -2.33. The van der Waals surface area contributed by atoms with E-state index in [1.165, 1.54) is 17.0 Å². The highest BCUT2D eigenvalue weighted by Crippen LogP contribution is 2.40. The quantitative estimate of drug-likeness (QED) is 0.594. The molecule has 0 spiro atoms. The average Bonchev–Trinajstić information content (AvgIpc) is 2.55. The molecule has 4 nitrogen and oxygen atoms in total. The summed E-state index contributed by atoms with van der Waals surface area (Å²) in [7, 11) is 0. The van der Waals surface area contributed by atoms with E-state index in [9.17, 15) is 0 Å². The number of aromatic nitrogens is 1. The average molecular weight is 252 g/mol. The van der Waals surface area contributed by atoms with E-state index in [0.717, 1.165) is 18.8 Å². The summed E-state index contributed by atoms with van der Waals surface area (Å²) in [5, 5.41) is 0.699. The summed E-state index contributed by atoms with van der Waals surface area (Å²) >= 11 is 1.62. The summed E-state index contributed by atoms with van der Waals surface area (Å²) < 4.78 is 0. The predicted molar refractivity (Wildman–Crippen MR) is 72.6 cm³/mol. The smallest absolute Gasteiger partial charge is 0.212 e. The number of hydrogen-bond acceptors (Lipinski definition) is 3. The summed E-state index contributed by atoms with van der Waals surface area (Å²) in [5.41, 5.74) is 12.3. The molecule has 0 fully saturated rings. The lowest BCUT2D eigenvalue weighted by Crippen LogP contribution is -2.26. The highest BCUT2D eigenvalue weighted by molar-refractivity contribution is 7.15. The van der Waals surface area contributed by atoms with Crippen molar-refractivity contribution in [3.8, 4) is 0 Å². The van der Waals surface area contributed by atoms with Crippen LogP contribution in [-0.2, 0) is 12.8 Å². The number of guanidine groups is 1. The summed E-state index contributed by atoms with van der Waals surface area (Å²) in [6, 6.07) is 0. The van der Waals surface area contributed by atoms with Crippen LogP contribution in [0.1, 0.15) is 37.8 Å². The molecule has 1 aromatic heterocycles. The van der Waals surface area contributed by atoms with E-state index in [0.29, 0.717) is 10.5 Å². The fourth-order valence-electron chi connectivity index (χ4n) is 2.26. The number of thiazole rings is 1. The van der Waals surface area contributed by atoms with Gasteiger partial charge in [-0.3, -0.25) is 0 Å². The molecule has 0 radical (unpaired) electrons. The maximum absolute atomic E-state index is 5.37. The van der Waals surface area contributed by atoms with Crippen LogP contribution >= 0.6 is 11.3 Å². The molecule has 1 aliphatic carbocycles. The van der Waals surface area contributed by atoms with Crippen LogP contribution in [-0.4, -0.2) is 10.9 Å². The fraction of sp³-hybridized carbons (Fsp3) is 0.667. The van der Waals surface area contributed by atoms with Gasteiger partial charge < -0.3 is 11.5 Å². The zero-order valence-electron chi connectivity index (χ0n) is 10.7. The molecule has 94 valence electrons. The van der Waals surface area contributed by atoms with Crippen LogP contribution in [0.15, 0.2) is 4.99 Å². The summed E-state index contributed by atoms with van der Waals surface area (Å²) in [5.74, 6) is 0.811. The van der Waals surface area contributed by atoms with Crippen molar-refractivity contribution in [1.82, 2.24) is 4.98 Å². The standard InChI is InChI=1S/C12H20N4S/c1-12(2,3)7-4-5-8-9(6-7)17-11(15-8)16-10(13)14/h7H,4-6H2,1-3H3,(H4,13,14,15,16).